The monoisotopic (exact) mass is 357 g/mol. The van der Waals surface area contributed by atoms with Crippen molar-refractivity contribution in [2.24, 2.45) is 0 Å². The van der Waals surface area contributed by atoms with Gasteiger partial charge in [-0.1, -0.05) is 30.3 Å². The zero-order valence-electron chi connectivity index (χ0n) is 15.3. The highest BCUT2D eigenvalue weighted by Gasteiger charge is 2.35. The molecule has 0 saturated heterocycles. The number of methoxy groups -OCH3 is 2. The van der Waals surface area contributed by atoms with Crippen molar-refractivity contribution in [1.82, 2.24) is 5.32 Å². The zero-order valence-corrected chi connectivity index (χ0v) is 15.3. The molecule has 0 heterocycles. The number of aryl methyl sites for hydroxylation is 1. The van der Waals surface area contributed by atoms with Gasteiger partial charge in [0.25, 0.3) is 5.91 Å². The van der Waals surface area contributed by atoms with Gasteiger partial charge in [-0.15, -0.1) is 0 Å². The number of aliphatic carboxylic acids is 1. The van der Waals surface area contributed by atoms with Gasteiger partial charge in [0.15, 0.2) is 11.5 Å². The number of amides is 1. The summed E-state index contributed by atoms with van der Waals surface area (Å²) in [6, 6.07) is 12.1. The van der Waals surface area contributed by atoms with Gasteiger partial charge in [-0.25, -0.2) is 0 Å². The Balaban J connectivity index is 2.26. The summed E-state index contributed by atoms with van der Waals surface area (Å²) in [5.41, 5.74) is 0.499. The van der Waals surface area contributed by atoms with Crippen LogP contribution in [0.4, 0.5) is 0 Å². The molecule has 2 N–H and O–H groups in total. The van der Waals surface area contributed by atoms with E-state index >= 15 is 0 Å². The maximum atomic E-state index is 12.6. The van der Waals surface area contributed by atoms with Crippen molar-refractivity contribution in [1.29, 1.82) is 0 Å². The van der Waals surface area contributed by atoms with E-state index in [1.807, 2.05) is 6.07 Å². The van der Waals surface area contributed by atoms with Crippen LogP contribution in [0, 0.1) is 6.92 Å². The minimum absolute atomic E-state index is 0.0427. The van der Waals surface area contributed by atoms with E-state index in [2.05, 4.69) is 5.32 Å². The zero-order chi connectivity index (χ0) is 19.3. The van der Waals surface area contributed by atoms with Gasteiger partial charge < -0.3 is 19.9 Å². The summed E-state index contributed by atoms with van der Waals surface area (Å²) in [7, 11) is 3.01. The molecule has 1 amide bonds. The van der Waals surface area contributed by atoms with E-state index in [1.165, 1.54) is 14.2 Å². The Bertz CT molecular complexity index is 803. The van der Waals surface area contributed by atoms with E-state index in [0.29, 0.717) is 28.2 Å². The third kappa shape index (κ3) is 3.79. The fourth-order valence-corrected chi connectivity index (χ4v) is 2.68. The first-order valence-corrected chi connectivity index (χ1v) is 8.13. The Hall–Kier alpha value is -3.02. The lowest BCUT2D eigenvalue weighted by atomic mass is 9.82. The molecule has 0 fully saturated rings. The first kappa shape index (κ1) is 19.3. The molecule has 1 unspecified atom stereocenters. The molecule has 0 saturated carbocycles. The Kier molecular flexibility index (Phi) is 5.87. The van der Waals surface area contributed by atoms with Crippen LogP contribution in [0.15, 0.2) is 42.5 Å². The van der Waals surface area contributed by atoms with Crippen LogP contribution in [0.2, 0.25) is 0 Å². The van der Waals surface area contributed by atoms with Gasteiger partial charge in [0.05, 0.1) is 14.2 Å². The molecule has 2 aromatic rings. The maximum Gasteiger partial charge on any atom is 0.315 e. The molecular weight excluding hydrogens is 334 g/mol. The average molecular weight is 357 g/mol. The molecule has 0 spiro atoms. The highest BCUT2D eigenvalue weighted by Crippen LogP contribution is 2.30. The van der Waals surface area contributed by atoms with Crippen LogP contribution in [0.5, 0.6) is 11.5 Å². The number of ether oxygens (including phenoxy) is 2. The summed E-state index contributed by atoms with van der Waals surface area (Å²) in [5.74, 6) is -0.409. The summed E-state index contributed by atoms with van der Waals surface area (Å²) in [5, 5.41) is 12.4. The first-order chi connectivity index (χ1) is 12.3. The summed E-state index contributed by atoms with van der Waals surface area (Å²) in [4.78, 5) is 24.5. The number of benzene rings is 2. The van der Waals surface area contributed by atoms with Crippen molar-refractivity contribution in [3.63, 3.8) is 0 Å². The van der Waals surface area contributed by atoms with Crippen LogP contribution in [-0.2, 0) is 10.2 Å². The van der Waals surface area contributed by atoms with Gasteiger partial charge in [-0.2, -0.15) is 0 Å². The van der Waals surface area contributed by atoms with Crippen LogP contribution in [0.25, 0.3) is 0 Å². The molecule has 0 bridgehead atoms. The van der Waals surface area contributed by atoms with E-state index in [-0.39, 0.29) is 12.5 Å². The Morgan fingerprint density at radius 2 is 1.65 bits per heavy atom. The number of rotatable bonds is 7. The second-order valence-electron chi connectivity index (χ2n) is 6.21. The molecule has 6 nitrogen and oxygen atoms in total. The quantitative estimate of drug-likeness (QED) is 0.796. The molecule has 0 aliphatic carbocycles. The van der Waals surface area contributed by atoms with Gasteiger partial charge in [-0.3, -0.25) is 9.59 Å². The van der Waals surface area contributed by atoms with Crippen LogP contribution in [0.3, 0.4) is 0 Å². The number of carboxylic acid groups (broad SMARTS) is 1. The molecule has 6 heteroatoms. The molecule has 2 aromatic carbocycles. The summed E-state index contributed by atoms with van der Waals surface area (Å²) >= 11 is 0. The SMILES string of the molecule is COc1cc(C)c(C(=O)NCC(C)(C(=O)O)c2ccccc2)cc1OC. The smallest absolute Gasteiger partial charge is 0.315 e. The Morgan fingerprint density at radius 1 is 1.08 bits per heavy atom. The minimum Gasteiger partial charge on any atom is -0.493 e. The van der Waals surface area contributed by atoms with Crippen LogP contribution in [-0.4, -0.2) is 37.7 Å². The lowest BCUT2D eigenvalue weighted by molar-refractivity contribution is -0.142. The standard InChI is InChI=1S/C20H23NO5/c1-13-10-16(25-3)17(26-4)11-15(13)18(22)21-12-20(2,19(23)24)14-8-6-5-7-9-14/h5-11H,12H2,1-4H3,(H,21,22)(H,23,24). The molecule has 138 valence electrons. The van der Waals surface area contributed by atoms with Crippen molar-refractivity contribution in [2.75, 3.05) is 20.8 Å². The predicted octanol–water partition coefficient (Wildman–Crippen LogP) is 2.78. The van der Waals surface area contributed by atoms with E-state index in [0.717, 1.165) is 0 Å². The Morgan fingerprint density at radius 3 is 2.19 bits per heavy atom. The van der Waals surface area contributed by atoms with E-state index in [4.69, 9.17) is 9.47 Å². The van der Waals surface area contributed by atoms with Crippen LogP contribution in [0.1, 0.15) is 28.4 Å². The van der Waals surface area contributed by atoms with E-state index in [1.54, 1.807) is 50.2 Å². The highest BCUT2D eigenvalue weighted by molar-refractivity contribution is 5.97. The fraction of sp³-hybridized carbons (Fsp3) is 0.300. The van der Waals surface area contributed by atoms with Crippen molar-refractivity contribution < 1.29 is 24.2 Å². The number of hydrogen-bond donors (Lipinski definition) is 2. The topological polar surface area (TPSA) is 84.9 Å². The van der Waals surface area contributed by atoms with Crippen molar-refractivity contribution >= 4 is 11.9 Å². The normalized spacial score (nSPS) is 12.8. The van der Waals surface area contributed by atoms with Gasteiger partial charge in [0.1, 0.15) is 5.41 Å². The largest absolute Gasteiger partial charge is 0.493 e. The number of hydrogen-bond acceptors (Lipinski definition) is 4. The fourth-order valence-electron chi connectivity index (χ4n) is 2.68. The van der Waals surface area contributed by atoms with E-state index in [9.17, 15) is 14.7 Å². The van der Waals surface area contributed by atoms with Gasteiger partial charge in [0.2, 0.25) is 0 Å². The molecular formula is C20H23NO5. The van der Waals surface area contributed by atoms with Gasteiger partial charge in [0, 0.05) is 12.1 Å². The third-order valence-electron chi connectivity index (χ3n) is 4.46. The molecule has 0 aliphatic rings. The molecule has 0 aromatic heterocycles. The third-order valence-corrected chi connectivity index (χ3v) is 4.46. The summed E-state index contributed by atoms with van der Waals surface area (Å²) in [6.45, 7) is 3.33. The number of carbonyl (C=O) groups excluding carboxylic acids is 1. The lowest BCUT2D eigenvalue weighted by Gasteiger charge is -2.26. The Labute approximate surface area is 152 Å². The number of carboxylic acids is 1. The van der Waals surface area contributed by atoms with Crippen molar-refractivity contribution in [3.05, 3.63) is 59.2 Å². The van der Waals surface area contributed by atoms with E-state index < -0.39 is 11.4 Å². The second kappa shape index (κ2) is 7.91. The maximum absolute atomic E-state index is 12.6. The summed E-state index contributed by atoms with van der Waals surface area (Å²) in [6.07, 6.45) is 0. The van der Waals surface area contributed by atoms with Crippen LogP contribution < -0.4 is 14.8 Å². The average Bonchev–Trinajstić information content (AvgIpc) is 2.65. The molecule has 0 aliphatic heterocycles. The van der Waals surface area contributed by atoms with Gasteiger partial charge in [-0.05, 0) is 37.1 Å². The molecule has 2 rings (SSSR count). The molecule has 0 radical (unpaired) electrons. The summed E-state index contributed by atoms with van der Waals surface area (Å²) < 4.78 is 10.5. The van der Waals surface area contributed by atoms with Gasteiger partial charge >= 0.3 is 5.97 Å². The van der Waals surface area contributed by atoms with Crippen molar-refractivity contribution in [3.8, 4) is 11.5 Å². The predicted molar refractivity (Wildman–Crippen MR) is 98.0 cm³/mol. The second-order valence-corrected chi connectivity index (χ2v) is 6.21. The minimum atomic E-state index is -1.23. The molecule has 26 heavy (non-hydrogen) atoms. The first-order valence-electron chi connectivity index (χ1n) is 8.13. The lowest BCUT2D eigenvalue weighted by Crippen LogP contribution is -2.44. The number of carbonyl (C=O) groups is 2. The molecule has 1 atom stereocenters. The van der Waals surface area contributed by atoms with Crippen LogP contribution >= 0.6 is 0 Å². The van der Waals surface area contributed by atoms with Crippen molar-refractivity contribution in [2.45, 2.75) is 19.3 Å². The number of nitrogens with one attached hydrogen (secondary N) is 1. The highest BCUT2D eigenvalue weighted by atomic mass is 16.5.